The molecule has 0 amide bonds. The van der Waals surface area contributed by atoms with E-state index in [0.717, 1.165) is 18.6 Å². The molecule has 2 N–H and O–H groups in total. The van der Waals surface area contributed by atoms with Crippen LogP contribution in [-0.4, -0.2) is 12.1 Å². The lowest BCUT2D eigenvalue weighted by atomic mass is 10.0. The Morgan fingerprint density at radius 3 is 2.67 bits per heavy atom. The standard InChI is InChI=1S/C13H21NO/c1-4-12(14)8-11-6-5-7-13(9-11)15-10(2)3/h5-7,9-10,12H,4,8,14H2,1-3H3. The smallest absolute Gasteiger partial charge is 0.119 e. The van der Waals surface area contributed by atoms with Crippen molar-refractivity contribution in [2.75, 3.05) is 0 Å². The van der Waals surface area contributed by atoms with Crippen molar-refractivity contribution in [3.8, 4) is 5.75 Å². The highest BCUT2D eigenvalue weighted by molar-refractivity contribution is 5.29. The summed E-state index contributed by atoms with van der Waals surface area (Å²) in [5.41, 5.74) is 7.17. The van der Waals surface area contributed by atoms with Gasteiger partial charge in [0.25, 0.3) is 0 Å². The van der Waals surface area contributed by atoms with Gasteiger partial charge in [0.15, 0.2) is 0 Å². The number of rotatable bonds is 5. The summed E-state index contributed by atoms with van der Waals surface area (Å²) < 4.78 is 5.63. The second kappa shape index (κ2) is 5.76. The van der Waals surface area contributed by atoms with E-state index >= 15 is 0 Å². The molecule has 2 nitrogen and oxygen atoms in total. The molecule has 1 aromatic rings. The van der Waals surface area contributed by atoms with Gasteiger partial charge >= 0.3 is 0 Å². The van der Waals surface area contributed by atoms with E-state index in [2.05, 4.69) is 19.1 Å². The van der Waals surface area contributed by atoms with Crippen LogP contribution in [0.5, 0.6) is 5.75 Å². The Morgan fingerprint density at radius 2 is 2.07 bits per heavy atom. The van der Waals surface area contributed by atoms with Crippen molar-refractivity contribution in [1.82, 2.24) is 0 Å². The van der Waals surface area contributed by atoms with Crippen molar-refractivity contribution in [3.05, 3.63) is 29.8 Å². The maximum atomic E-state index is 5.92. The van der Waals surface area contributed by atoms with Crippen LogP contribution < -0.4 is 10.5 Å². The van der Waals surface area contributed by atoms with Crippen LogP contribution in [0, 0.1) is 0 Å². The Kier molecular flexibility index (Phi) is 4.63. The van der Waals surface area contributed by atoms with E-state index in [9.17, 15) is 0 Å². The molecule has 1 atom stereocenters. The van der Waals surface area contributed by atoms with Crippen LogP contribution in [-0.2, 0) is 6.42 Å². The van der Waals surface area contributed by atoms with Crippen LogP contribution in [0.1, 0.15) is 32.8 Å². The Labute approximate surface area is 92.4 Å². The van der Waals surface area contributed by atoms with Gasteiger partial charge in [-0.25, -0.2) is 0 Å². The third kappa shape index (κ3) is 4.34. The normalized spacial score (nSPS) is 12.9. The van der Waals surface area contributed by atoms with Crippen molar-refractivity contribution in [3.63, 3.8) is 0 Å². The lowest BCUT2D eigenvalue weighted by Gasteiger charge is -2.12. The molecule has 2 heteroatoms. The van der Waals surface area contributed by atoms with Gasteiger partial charge in [-0.3, -0.25) is 0 Å². The first-order valence-electron chi connectivity index (χ1n) is 5.63. The highest BCUT2D eigenvalue weighted by Crippen LogP contribution is 2.16. The molecule has 1 unspecified atom stereocenters. The first-order chi connectivity index (χ1) is 7.11. The third-order valence-electron chi connectivity index (χ3n) is 2.29. The molecule has 0 aliphatic carbocycles. The van der Waals surface area contributed by atoms with Crippen molar-refractivity contribution in [1.29, 1.82) is 0 Å². The second-order valence-electron chi connectivity index (χ2n) is 4.19. The maximum Gasteiger partial charge on any atom is 0.119 e. The zero-order valence-electron chi connectivity index (χ0n) is 9.86. The number of hydrogen-bond acceptors (Lipinski definition) is 2. The van der Waals surface area contributed by atoms with Crippen molar-refractivity contribution in [2.24, 2.45) is 5.73 Å². The van der Waals surface area contributed by atoms with Gasteiger partial charge in [0.05, 0.1) is 6.10 Å². The summed E-state index contributed by atoms with van der Waals surface area (Å²) in [6, 6.07) is 8.44. The fourth-order valence-electron chi connectivity index (χ4n) is 1.47. The van der Waals surface area contributed by atoms with Crippen molar-refractivity contribution < 1.29 is 4.74 Å². The van der Waals surface area contributed by atoms with Crippen LogP contribution in [0.15, 0.2) is 24.3 Å². The van der Waals surface area contributed by atoms with Crippen LogP contribution in [0.3, 0.4) is 0 Å². The average Bonchev–Trinajstić information content (AvgIpc) is 2.17. The molecule has 0 aliphatic heterocycles. The molecule has 0 heterocycles. The third-order valence-corrected chi connectivity index (χ3v) is 2.29. The van der Waals surface area contributed by atoms with Gasteiger partial charge in [0.2, 0.25) is 0 Å². The largest absolute Gasteiger partial charge is 0.491 e. The van der Waals surface area contributed by atoms with Gasteiger partial charge in [-0.05, 0) is 44.4 Å². The van der Waals surface area contributed by atoms with Gasteiger partial charge in [-0.1, -0.05) is 19.1 Å². The topological polar surface area (TPSA) is 35.2 Å². The number of ether oxygens (including phenoxy) is 1. The summed E-state index contributed by atoms with van der Waals surface area (Å²) in [5.74, 6) is 0.936. The summed E-state index contributed by atoms with van der Waals surface area (Å²) in [6.07, 6.45) is 2.15. The summed E-state index contributed by atoms with van der Waals surface area (Å²) in [6.45, 7) is 6.17. The molecular formula is C13H21NO. The van der Waals surface area contributed by atoms with E-state index in [1.54, 1.807) is 0 Å². The van der Waals surface area contributed by atoms with Gasteiger partial charge in [0.1, 0.15) is 5.75 Å². The molecule has 84 valence electrons. The van der Waals surface area contributed by atoms with Gasteiger partial charge in [-0.2, -0.15) is 0 Å². The minimum Gasteiger partial charge on any atom is -0.491 e. The summed E-state index contributed by atoms with van der Waals surface area (Å²) in [7, 11) is 0. The Balaban J connectivity index is 2.65. The van der Waals surface area contributed by atoms with Crippen LogP contribution >= 0.6 is 0 Å². The van der Waals surface area contributed by atoms with Gasteiger partial charge in [0, 0.05) is 6.04 Å². The number of benzene rings is 1. The van der Waals surface area contributed by atoms with Crippen molar-refractivity contribution >= 4 is 0 Å². The van der Waals surface area contributed by atoms with Crippen LogP contribution in [0.25, 0.3) is 0 Å². The average molecular weight is 207 g/mol. The van der Waals surface area contributed by atoms with Gasteiger partial charge in [-0.15, -0.1) is 0 Å². The SMILES string of the molecule is CCC(N)Cc1cccc(OC(C)C)c1. The van der Waals surface area contributed by atoms with E-state index < -0.39 is 0 Å². The summed E-state index contributed by atoms with van der Waals surface area (Å²) in [5, 5.41) is 0. The fraction of sp³-hybridized carbons (Fsp3) is 0.538. The molecule has 0 fully saturated rings. The monoisotopic (exact) mass is 207 g/mol. The van der Waals surface area contributed by atoms with E-state index in [1.165, 1.54) is 5.56 Å². The molecule has 0 spiro atoms. The molecule has 0 aliphatic rings. The molecule has 0 radical (unpaired) electrons. The molecule has 0 saturated carbocycles. The van der Waals surface area contributed by atoms with Crippen molar-refractivity contribution in [2.45, 2.75) is 45.8 Å². The van der Waals surface area contributed by atoms with E-state index in [1.807, 2.05) is 26.0 Å². The predicted molar refractivity (Wildman–Crippen MR) is 64.2 cm³/mol. The molecule has 0 aromatic heterocycles. The quantitative estimate of drug-likeness (QED) is 0.805. The van der Waals surface area contributed by atoms with E-state index in [-0.39, 0.29) is 12.1 Å². The lowest BCUT2D eigenvalue weighted by Crippen LogP contribution is -2.21. The highest BCUT2D eigenvalue weighted by Gasteiger charge is 2.03. The minimum absolute atomic E-state index is 0.222. The van der Waals surface area contributed by atoms with Gasteiger partial charge < -0.3 is 10.5 Å². The summed E-state index contributed by atoms with van der Waals surface area (Å²) >= 11 is 0. The summed E-state index contributed by atoms with van der Waals surface area (Å²) in [4.78, 5) is 0. The first-order valence-corrected chi connectivity index (χ1v) is 5.63. The Morgan fingerprint density at radius 1 is 1.33 bits per heavy atom. The first kappa shape index (κ1) is 12.1. The zero-order valence-corrected chi connectivity index (χ0v) is 9.86. The fourth-order valence-corrected chi connectivity index (χ4v) is 1.47. The maximum absolute atomic E-state index is 5.92. The Bertz CT molecular complexity index is 296. The second-order valence-corrected chi connectivity index (χ2v) is 4.19. The van der Waals surface area contributed by atoms with Crippen LogP contribution in [0.4, 0.5) is 0 Å². The molecule has 15 heavy (non-hydrogen) atoms. The predicted octanol–water partition coefficient (Wildman–Crippen LogP) is 2.75. The lowest BCUT2D eigenvalue weighted by molar-refractivity contribution is 0.242. The van der Waals surface area contributed by atoms with E-state index in [0.29, 0.717) is 0 Å². The Hall–Kier alpha value is -1.02. The highest BCUT2D eigenvalue weighted by atomic mass is 16.5. The molecule has 0 saturated heterocycles. The number of hydrogen-bond donors (Lipinski definition) is 1. The minimum atomic E-state index is 0.222. The van der Waals surface area contributed by atoms with E-state index in [4.69, 9.17) is 10.5 Å². The van der Waals surface area contributed by atoms with Crippen LogP contribution in [0.2, 0.25) is 0 Å². The molecule has 1 aromatic carbocycles. The molecule has 1 rings (SSSR count). The zero-order chi connectivity index (χ0) is 11.3. The molecule has 0 bridgehead atoms. The molecular weight excluding hydrogens is 186 g/mol. The number of nitrogens with two attached hydrogens (primary N) is 1.